The van der Waals surface area contributed by atoms with Crippen molar-refractivity contribution in [3.63, 3.8) is 0 Å². The second-order valence-electron chi connectivity index (χ2n) is 3.66. The van der Waals surface area contributed by atoms with Crippen molar-refractivity contribution in [2.24, 2.45) is 5.84 Å². The Morgan fingerprint density at radius 2 is 1.94 bits per heavy atom. The molecular formula is C12H10ClF2N3. The molecule has 18 heavy (non-hydrogen) atoms. The van der Waals surface area contributed by atoms with Crippen LogP contribution in [0.3, 0.4) is 0 Å². The summed E-state index contributed by atoms with van der Waals surface area (Å²) in [5.74, 6) is 4.29. The summed E-state index contributed by atoms with van der Waals surface area (Å²) in [6, 6.07) is 4.63. The quantitative estimate of drug-likeness (QED) is 0.665. The van der Waals surface area contributed by atoms with Crippen LogP contribution in [0.5, 0.6) is 0 Å². The van der Waals surface area contributed by atoms with E-state index in [1.54, 1.807) is 0 Å². The van der Waals surface area contributed by atoms with Gasteiger partial charge in [0.2, 0.25) is 0 Å². The Bertz CT molecular complexity index is 563. The highest BCUT2D eigenvalue weighted by Crippen LogP contribution is 2.27. The Labute approximate surface area is 108 Å². The summed E-state index contributed by atoms with van der Waals surface area (Å²) in [6.07, 6.45) is 2.45. The van der Waals surface area contributed by atoms with Crippen LogP contribution >= 0.6 is 11.6 Å². The maximum absolute atomic E-state index is 13.7. The molecule has 94 valence electrons. The Morgan fingerprint density at radius 1 is 1.17 bits per heavy atom. The van der Waals surface area contributed by atoms with Crippen molar-refractivity contribution in [2.75, 3.05) is 0 Å². The van der Waals surface area contributed by atoms with Crippen LogP contribution in [0.25, 0.3) is 0 Å². The van der Waals surface area contributed by atoms with E-state index in [9.17, 15) is 8.78 Å². The summed E-state index contributed by atoms with van der Waals surface area (Å²) in [5.41, 5.74) is 2.76. The molecule has 0 fully saturated rings. The van der Waals surface area contributed by atoms with E-state index in [-0.39, 0.29) is 11.1 Å². The average molecular weight is 270 g/mol. The highest BCUT2D eigenvalue weighted by atomic mass is 35.5. The molecule has 0 aliphatic heterocycles. The Morgan fingerprint density at radius 3 is 2.61 bits per heavy atom. The van der Waals surface area contributed by atoms with E-state index in [0.717, 1.165) is 6.20 Å². The van der Waals surface area contributed by atoms with Crippen LogP contribution in [-0.2, 0) is 0 Å². The molecule has 0 aliphatic carbocycles. The molecular weight excluding hydrogens is 260 g/mol. The summed E-state index contributed by atoms with van der Waals surface area (Å²) in [4.78, 5) is 3.63. The van der Waals surface area contributed by atoms with Gasteiger partial charge in [-0.15, -0.1) is 0 Å². The fourth-order valence-corrected chi connectivity index (χ4v) is 1.88. The predicted molar refractivity (Wildman–Crippen MR) is 64.8 cm³/mol. The van der Waals surface area contributed by atoms with Crippen molar-refractivity contribution < 1.29 is 8.78 Å². The lowest BCUT2D eigenvalue weighted by atomic mass is 9.99. The highest BCUT2D eigenvalue weighted by Gasteiger charge is 2.20. The van der Waals surface area contributed by atoms with Crippen molar-refractivity contribution in [1.29, 1.82) is 0 Å². The molecule has 0 bridgehead atoms. The van der Waals surface area contributed by atoms with Gasteiger partial charge in [0.15, 0.2) is 0 Å². The third-order valence-electron chi connectivity index (χ3n) is 2.55. The number of hydrogen-bond donors (Lipinski definition) is 2. The van der Waals surface area contributed by atoms with E-state index >= 15 is 0 Å². The van der Waals surface area contributed by atoms with E-state index < -0.39 is 17.7 Å². The fourth-order valence-electron chi connectivity index (χ4n) is 1.70. The molecule has 1 aromatic heterocycles. The van der Waals surface area contributed by atoms with Gasteiger partial charge in [-0.1, -0.05) is 11.6 Å². The first-order valence-electron chi connectivity index (χ1n) is 5.14. The van der Waals surface area contributed by atoms with Gasteiger partial charge in [0, 0.05) is 22.3 Å². The number of nitrogens with zero attached hydrogens (tertiary/aromatic N) is 1. The molecule has 0 radical (unpaired) electrons. The molecule has 0 aliphatic rings. The largest absolute Gasteiger partial charge is 0.271 e. The second-order valence-corrected chi connectivity index (χ2v) is 4.10. The minimum absolute atomic E-state index is 0.176. The molecule has 1 aromatic carbocycles. The minimum Gasteiger partial charge on any atom is -0.271 e. The van der Waals surface area contributed by atoms with Gasteiger partial charge in [-0.2, -0.15) is 0 Å². The standard InChI is InChI=1S/C12H10ClF2N3/c13-7-1-2-10(14)9(5-7)12(18-16)8-3-4-17-6-11(8)15/h1-6,12,18H,16H2. The zero-order valence-electron chi connectivity index (χ0n) is 9.20. The summed E-state index contributed by atoms with van der Waals surface area (Å²) < 4.78 is 27.4. The number of hydrogen-bond acceptors (Lipinski definition) is 3. The predicted octanol–water partition coefficient (Wildman–Crippen LogP) is 2.57. The number of benzene rings is 1. The van der Waals surface area contributed by atoms with Crippen molar-refractivity contribution in [3.8, 4) is 0 Å². The lowest BCUT2D eigenvalue weighted by Gasteiger charge is -2.18. The molecule has 2 rings (SSSR count). The monoisotopic (exact) mass is 269 g/mol. The van der Waals surface area contributed by atoms with Crippen LogP contribution in [0, 0.1) is 11.6 Å². The van der Waals surface area contributed by atoms with Crippen molar-refractivity contribution >= 4 is 11.6 Å². The molecule has 0 saturated carbocycles. The van der Waals surface area contributed by atoms with Gasteiger partial charge in [-0.05, 0) is 24.3 Å². The van der Waals surface area contributed by atoms with E-state index in [1.807, 2.05) is 0 Å². The molecule has 0 saturated heterocycles. The third kappa shape index (κ3) is 2.48. The Kier molecular flexibility index (Phi) is 3.86. The van der Waals surface area contributed by atoms with Gasteiger partial charge < -0.3 is 0 Å². The molecule has 3 nitrogen and oxygen atoms in total. The molecule has 0 spiro atoms. The van der Waals surface area contributed by atoms with Crippen molar-refractivity contribution in [3.05, 3.63) is 64.4 Å². The maximum atomic E-state index is 13.7. The molecule has 0 amide bonds. The van der Waals surface area contributed by atoms with Crippen LogP contribution in [0.1, 0.15) is 17.2 Å². The Hall–Kier alpha value is -1.56. The lowest BCUT2D eigenvalue weighted by molar-refractivity contribution is 0.529. The fraction of sp³-hybridized carbons (Fsp3) is 0.0833. The van der Waals surface area contributed by atoms with Crippen molar-refractivity contribution in [1.82, 2.24) is 10.4 Å². The third-order valence-corrected chi connectivity index (χ3v) is 2.79. The number of nitrogens with two attached hydrogens (primary N) is 1. The van der Waals surface area contributed by atoms with Crippen LogP contribution in [0.2, 0.25) is 5.02 Å². The summed E-state index contributed by atoms with van der Waals surface area (Å²) in [7, 11) is 0. The van der Waals surface area contributed by atoms with E-state index in [0.29, 0.717) is 5.02 Å². The normalized spacial score (nSPS) is 12.4. The maximum Gasteiger partial charge on any atom is 0.146 e. The summed E-state index contributed by atoms with van der Waals surface area (Å²) >= 11 is 5.80. The number of aromatic nitrogens is 1. The number of pyridine rings is 1. The molecule has 1 atom stereocenters. The zero-order chi connectivity index (χ0) is 13.1. The van der Waals surface area contributed by atoms with Crippen LogP contribution in [0.4, 0.5) is 8.78 Å². The first kappa shape index (κ1) is 12.9. The first-order chi connectivity index (χ1) is 8.63. The van der Waals surface area contributed by atoms with Gasteiger partial charge in [-0.3, -0.25) is 10.8 Å². The topological polar surface area (TPSA) is 50.9 Å². The lowest BCUT2D eigenvalue weighted by Crippen LogP contribution is -2.30. The van der Waals surface area contributed by atoms with E-state index in [2.05, 4.69) is 10.4 Å². The number of halogens is 3. The molecule has 1 heterocycles. The van der Waals surface area contributed by atoms with Gasteiger partial charge in [0.25, 0.3) is 0 Å². The molecule has 6 heteroatoms. The van der Waals surface area contributed by atoms with E-state index in [4.69, 9.17) is 17.4 Å². The average Bonchev–Trinajstić information content (AvgIpc) is 2.36. The number of nitrogens with one attached hydrogen (secondary N) is 1. The first-order valence-corrected chi connectivity index (χ1v) is 5.51. The molecule has 2 aromatic rings. The number of hydrazine groups is 1. The van der Waals surface area contributed by atoms with Gasteiger partial charge in [0.1, 0.15) is 11.6 Å². The van der Waals surface area contributed by atoms with Crippen LogP contribution in [-0.4, -0.2) is 4.98 Å². The van der Waals surface area contributed by atoms with Crippen LogP contribution < -0.4 is 11.3 Å². The molecule has 3 N–H and O–H groups in total. The van der Waals surface area contributed by atoms with Crippen LogP contribution in [0.15, 0.2) is 36.7 Å². The smallest absolute Gasteiger partial charge is 0.146 e. The SMILES string of the molecule is NNC(c1ccncc1F)c1cc(Cl)ccc1F. The van der Waals surface area contributed by atoms with Gasteiger partial charge in [-0.25, -0.2) is 14.2 Å². The molecule has 1 unspecified atom stereocenters. The summed E-state index contributed by atoms with van der Waals surface area (Å²) in [6.45, 7) is 0. The van der Waals surface area contributed by atoms with Gasteiger partial charge in [0.05, 0.1) is 12.2 Å². The van der Waals surface area contributed by atoms with E-state index in [1.165, 1.54) is 30.5 Å². The number of rotatable bonds is 3. The second kappa shape index (κ2) is 5.39. The van der Waals surface area contributed by atoms with Gasteiger partial charge >= 0.3 is 0 Å². The minimum atomic E-state index is -0.827. The highest BCUT2D eigenvalue weighted by molar-refractivity contribution is 6.30. The van der Waals surface area contributed by atoms with Crippen molar-refractivity contribution in [2.45, 2.75) is 6.04 Å². The summed E-state index contributed by atoms with van der Waals surface area (Å²) in [5, 5.41) is 0.348. The zero-order valence-corrected chi connectivity index (χ0v) is 9.96. The Balaban J connectivity index is 2.52.